The lowest BCUT2D eigenvalue weighted by Crippen LogP contribution is -2.51. The van der Waals surface area contributed by atoms with E-state index in [4.69, 9.17) is 9.47 Å². The molecule has 2 amide bonds. The first-order valence-electron chi connectivity index (χ1n) is 10.8. The maximum absolute atomic E-state index is 13.2. The van der Waals surface area contributed by atoms with Crippen LogP contribution in [0.2, 0.25) is 0 Å². The van der Waals surface area contributed by atoms with Gasteiger partial charge in [0.25, 0.3) is 5.91 Å². The standard InChI is InChI=1S/C25H34N2O4/c1-6-19(4)26-25(29)23(7-2)27(16-20-11-13-21(30-5)14-12-20)24(28)17-31-22-10-8-9-18(3)15-22/h8-15,19,23H,6-7,16-17H2,1-5H3,(H,26,29)/t19-,23+/m0/s1. The minimum atomic E-state index is -0.579. The van der Waals surface area contributed by atoms with Crippen LogP contribution >= 0.6 is 0 Å². The smallest absolute Gasteiger partial charge is 0.261 e. The van der Waals surface area contributed by atoms with Gasteiger partial charge in [0.05, 0.1) is 7.11 Å². The number of hydrogen-bond acceptors (Lipinski definition) is 4. The zero-order valence-electron chi connectivity index (χ0n) is 19.2. The summed E-state index contributed by atoms with van der Waals surface area (Å²) in [6.07, 6.45) is 1.33. The van der Waals surface area contributed by atoms with Gasteiger partial charge in [0.15, 0.2) is 6.61 Å². The van der Waals surface area contributed by atoms with Crippen LogP contribution in [0.5, 0.6) is 11.5 Å². The van der Waals surface area contributed by atoms with Gasteiger partial charge in [-0.1, -0.05) is 38.1 Å². The molecule has 0 aliphatic rings. The van der Waals surface area contributed by atoms with E-state index in [1.165, 1.54) is 0 Å². The first kappa shape index (κ1) is 24.3. The normalized spacial score (nSPS) is 12.5. The molecule has 0 aliphatic heterocycles. The number of ether oxygens (including phenoxy) is 2. The Hall–Kier alpha value is -3.02. The summed E-state index contributed by atoms with van der Waals surface area (Å²) < 4.78 is 11.0. The van der Waals surface area contributed by atoms with Crippen LogP contribution in [0.3, 0.4) is 0 Å². The molecule has 6 nitrogen and oxygen atoms in total. The van der Waals surface area contributed by atoms with Gasteiger partial charge in [-0.25, -0.2) is 0 Å². The molecule has 0 saturated heterocycles. The summed E-state index contributed by atoms with van der Waals surface area (Å²) in [5.74, 6) is 0.999. The van der Waals surface area contributed by atoms with Crippen LogP contribution < -0.4 is 14.8 Å². The van der Waals surface area contributed by atoms with Gasteiger partial charge in [0.2, 0.25) is 5.91 Å². The summed E-state index contributed by atoms with van der Waals surface area (Å²) in [6.45, 7) is 8.04. The van der Waals surface area contributed by atoms with Gasteiger partial charge >= 0.3 is 0 Å². The van der Waals surface area contributed by atoms with Crippen LogP contribution in [-0.2, 0) is 16.1 Å². The van der Waals surface area contributed by atoms with Gasteiger partial charge < -0.3 is 19.7 Å². The molecule has 168 valence electrons. The summed E-state index contributed by atoms with van der Waals surface area (Å²) in [6, 6.07) is 14.5. The van der Waals surface area contributed by atoms with E-state index in [9.17, 15) is 9.59 Å². The Balaban J connectivity index is 2.21. The quantitative estimate of drug-likeness (QED) is 0.587. The highest BCUT2D eigenvalue weighted by molar-refractivity contribution is 5.88. The largest absolute Gasteiger partial charge is 0.497 e. The van der Waals surface area contributed by atoms with Crippen molar-refractivity contribution in [2.24, 2.45) is 0 Å². The van der Waals surface area contributed by atoms with Crippen LogP contribution in [0.1, 0.15) is 44.7 Å². The number of carbonyl (C=O) groups excluding carboxylic acids is 2. The van der Waals surface area contributed by atoms with E-state index in [0.717, 1.165) is 23.3 Å². The fourth-order valence-electron chi connectivity index (χ4n) is 3.22. The van der Waals surface area contributed by atoms with Gasteiger partial charge in [0.1, 0.15) is 17.5 Å². The second kappa shape index (κ2) is 12.0. The van der Waals surface area contributed by atoms with Gasteiger partial charge in [-0.3, -0.25) is 9.59 Å². The Morgan fingerprint density at radius 3 is 2.32 bits per heavy atom. The molecule has 1 N–H and O–H groups in total. The van der Waals surface area contributed by atoms with E-state index in [1.807, 2.05) is 76.2 Å². The van der Waals surface area contributed by atoms with E-state index in [2.05, 4.69) is 5.32 Å². The summed E-state index contributed by atoms with van der Waals surface area (Å²) in [7, 11) is 1.61. The van der Waals surface area contributed by atoms with E-state index in [0.29, 0.717) is 18.7 Å². The second-order valence-electron chi connectivity index (χ2n) is 7.72. The highest BCUT2D eigenvalue weighted by Gasteiger charge is 2.29. The molecular weight excluding hydrogens is 392 g/mol. The van der Waals surface area contributed by atoms with Crippen LogP contribution in [0.4, 0.5) is 0 Å². The lowest BCUT2D eigenvalue weighted by Gasteiger charge is -2.31. The Bertz CT molecular complexity index is 851. The first-order chi connectivity index (χ1) is 14.9. The van der Waals surface area contributed by atoms with Crippen molar-refractivity contribution in [3.05, 3.63) is 59.7 Å². The van der Waals surface area contributed by atoms with Crippen LogP contribution in [0.15, 0.2) is 48.5 Å². The molecule has 0 heterocycles. The van der Waals surface area contributed by atoms with Crippen LogP contribution in [0.25, 0.3) is 0 Å². The first-order valence-corrected chi connectivity index (χ1v) is 10.8. The van der Waals surface area contributed by atoms with Crippen molar-refractivity contribution in [1.29, 1.82) is 0 Å². The molecule has 0 radical (unpaired) electrons. The molecule has 0 bridgehead atoms. The van der Waals surface area contributed by atoms with Crippen molar-refractivity contribution in [2.45, 2.75) is 59.2 Å². The summed E-state index contributed by atoms with van der Waals surface area (Å²) in [5.41, 5.74) is 1.97. The van der Waals surface area contributed by atoms with Gasteiger partial charge in [0, 0.05) is 12.6 Å². The number of carbonyl (C=O) groups is 2. The van der Waals surface area contributed by atoms with E-state index < -0.39 is 6.04 Å². The van der Waals surface area contributed by atoms with Gasteiger partial charge in [-0.2, -0.15) is 0 Å². The molecule has 0 unspecified atom stereocenters. The van der Waals surface area contributed by atoms with Crippen molar-refractivity contribution in [3.63, 3.8) is 0 Å². The molecule has 0 fully saturated rings. The van der Waals surface area contributed by atoms with Crippen molar-refractivity contribution in [2.75, 3.05) is 13.7 Å². The van der Waals surface area contributed by atoms with Crippen molar-refractivity contribution in [1.82, 2.24) is 10.2 Å². The van der Waals surface area contributed by atoms with E-state index >= 15 is 0 Å². The number of hydrogen-bond donors (Lipinski definition) is 1. The number of benzene rings is 2. The predicted molar refractivity (Wildman–Crippen MR) is 122 cm³/mol. The van der Waals surface area contributed by atoms with Gasteiger partial charge in [-0.05, 0) is 62.1 Å². The highest BCUT2D eigenvalue weighted by Crippen LogP contribution is 2.18. The average molecular weight is 427 g/mol. The number of rotatable bonds is 11. The number of amides is 2. The zero-order valence-corrected chi connectivity index (χ0v) is 19.2. The maximum atomic E-state index is 13.2. The molecule has 2 atom stereocenters. The van der Waals surface area contributed by atoms with E-state index in [-0.39, 0.29) is 24.5 Å². The molecule has 6 heteroatoms. The van der Waals surface area contributed by atoms with Crippen molar-refractivity contribution >= 4 is 11.8 Å². The topological polar surface area (TPSA) is 67.9 Å². The number of nitrogens with one attached hydrogen (secondary N) is 1. The molecule has 31 heavy (non-hydrogen) atoms. The molecule has 2 rings (SSSR count). The molecule has 2 aromatic rings. The minimum absolute atomic E-state index is 0.0445. The van der Waals surface area contributed by atoms with Gasteiger partial charge in [-0.15, -0.1) is 0 Å². The molecular formula is C25H34N2O4. The molecule has 2 aromatic carbocycles. The van der Waals surface area contributed by atoms with Crippen molar-refractivity contribution < 1.29 is 19.1 Å². The molecule has 0 aromatic heterocycles. The molecule has 0 saturated carbocycles. The predicted octanol–water partition coefficient (Wildman–Crippen LogP) is 4.10. The van der Waals surface area contributed by atoms with Crippen LogP contribution in [0, 0.1) is 6.92 Å². The number of methoxy groups -OCH3 is 1. The zero-order chi connectivity index (χ0) is 22.8. The summed E-state index contributed by atoms with van der Waals surface area (Å²) in [4.78, 5) is 27.7. The fraction of sp³-hybridized carbons (Fsp3) is 0.440. The summed E-state index contributed by atoms with van der Waals surface area (Å²) >= 11 is 0. The molecule has 0 spiro atoms. The molecule has 0 aliphatic carbocycles. The van der Waals surface area contributed by atoms with E-state index in [1.54, 1.807) is 12.0 Å². The fourth-order valence-corrected chi connectivity index (χ4v) is 3.22. The third-order valence-electron chi connectivity index (χ3n) is 5.25. The lowest BCUT2D eigenvalue weighted by molar-refractivity contribution is -0.143. The average Bonchev–Trinajstić information content (AvgIpc) is 2.77. The highest BCUT2D eigenvalue weighted by atomic mass is 16.5. The summed E-state index contributed by atoms with van der Waals surface area (Å²) in [5, 5.41) is 3.01. The number of nitrogens with zero attached hydrogens (tertiary/aromatic N) is 1. The Morgan fingerprint density at radius 2 is 1.74 bits per heavy atom. The lowest BCUT2D eigenvalue weighted by atomic mass is 10.1. The minimum Gasteiger partial charge on any atom is -0.497 e. The number of aryl methyl sites for hydroxylation is 1. The Labute approximate surface area is 185 Å². The second-order valence-corrected chi connectivity index (χ2v) is 7.72. The monoisotopic (exact) mass is 426 g/mol. The Kier molecular flexibility index (Phi) is 9.38. The third kappa shape index (κ3) is 7.31. The SMILES string of the molecule is CC[C@H](C(=O)N[C@@H](C)CC)N(Cc1ccc(OC)cc1)C(=O)COc1cccc(C)c1. The maximum Gasteiger partial charge on any atom is 0.261 e. The van der Waals surface area contributed by atoms with Crippen molar-refractivity contribution in [3.8, 4) is 11.5 Å². The third-order valence-corrected chi connectivity index (χ3v) is 5.25. The Morgan fingerprint density at radius 1 is 1.03 bits per heavy atom. The van der Waals surface area contributed by atoms with Crippen LogP contribution in [-0.4, -0.2) is 42.5 Å².